The van der Waals surface area contributed by atoms with Crippen LogP contribution >= 0.6 is 0 Å². The molecule has 4 N–H and O–H groups in total. The Morgan fingerprint density at radius 2 is 1.03 bits per heavy atom. The van der Waals surface area contributed by atoms with Gasteiger partial charge < -0.3 is 34.6 Å². The second-order valence-corrected chi connectivity index (χ2v) is 6.27. The minimum Gasteiger partial charge on any atom is -0.508 e. The molecule has 2 atom stereocenters. The third-order valence-electron chi connectivity index (χ3n) is 3.49. The highest BCUT2D eigenvalue weighted by Crippen LogP contribution is 2.12. The van der Waals surface area contributed by atoms with Crippen LogP contribution in [0.4, 0.5) is 0 Å². The van der Waals surface area contributed by atoms with Gasteiger partial charge in [0.05, 0.1) is 26.4 Å². The number of ether oxygens (including phenoxy) is 3. The first-order valence-corrected chi connectivity index (χ1v) is 9.66. The van der Waals surface area contributed by atoms with Gasteiger partial charge in [-0.3, -0.25) is 0 Å². The van der Waals surface area contributed by atoms with Crippen LogP contribution in [0.15, 0.2) is 60.7 Å². The first kappa shape index (κ1) is 24.9. The fourth-order valence-corrected chi connectivity index (χ4v) is 1.74. The third-order valence-corrected chi connectivity index (χ3v) is 3.49. The molecule has 2 aliphatic heterocycles. The molecule has 0 spiro atoms. The molecule has 4 rings (SSSR count). The number of hydrogen-bond donors (Lipinski definition) is 4. The van der Waals surface area contributed by atoms with Crippen molar-refractivity contribution in [2.75, 3.05) is 39.6 Å². The molecule has 0 saturated carbocycles. The zero-order valence-corrected chi connectivity index (χ0v) is 16.6. The average molecular weight is 408 g/mol. The van der Waals surface area contributed by atoms with Gasteiger partial charge in [0.1, 0.15) is 23.7 Å². The summed E-state index contributed by atoms with van der Waals surface area (Å²) in [7, 11) is 0. The highest BCUT2D eigenvalue weighted by molar-refractivity contribution is 5.19. The maximum absolute atomic E-state index is 8.63. The van der Waals surface area contributed by atoms with E-state index in [-0.39, 0.29) is 13.2 Å². The minimum absolute atomic E-state index is 0.195. The summed E-state index contributed by atoms with van der Waals surface area (Å²) in [5.41, 5.74) is 0. The van der Waals surface area contributed by atoms with Gasteiger partial charge in [-0.15, -0.1) is 0 Å². The normalized spacial score (nSPS) is 18.0. The molecule has 7 heteroatoms. The van der Waals surface area contributed by atoms with E-state index in [1.165, 1.54) is 0 Å². The summed E-state index contributed by atoms with van der Waals surface area (Å²) in [4.78, 5) is 0. The fraction of sp³-hybridized carbons (Fsp3) is 0.455. The zero-order chi connectivity index (χ0) is 21.2. The lowest BCUT2D eigenvalue weighted by Gasteiger charge is -1.95. The van der Waals surface area contributed by atoms with Crippen molar-refractivity contribution in [3.63, 3.8) is 0 Å². The molecule has 2 heterocycles. The first-order valence-electron chi connectivity index (χ1n) is 9.66. The van der Waals surface area contributed by atoms with Crippen molar-refractivity contribution in [2.24, 2.45) is 0 Å². The van der Waals surface area contributed by atoms with Gasteiger partial charge in [-0.25, -0.2) is 0 Å². The topological polar surface area (TPSA) is 115 Å². The quantitative estimate of drug-likeness (QED) is 0.411. The summed E-state index contributed by atoms with van der Waals surface area (Å²) >= 11 is 0. The number of phenols is 2. The smallest absolute Gasteiger partial charge is 0.115 e. The van der Waals surface area contributed by atoms with E-state index in [0.717, 1.165) is 39.3 Å². The van der Waals surface area contributed by atoms with E-state index in [0.29, 0.717) is 23.7 Å². The summed E-state index contributed by atoms with van der Waals surface area (Å²) in [6.45, 7) is 3.65. The number of para-hydroxylation sites is 2. The van der Waals surface area contributed by atoms with Crippen molar-refractivity contribution < 1.29 is 34.6 Å². The van der Waals surface area contributed by atoms with E-state index in [1.54, 1.807) is 48.5 Å². The number of aliphatic hydroxyl groups excluding tert-OH is 2. The van der Waals surface area contributed by atoms with Gasteiger partial charge in [0.2, 0.25) is 0 Å². The number of aliphatic hydroxyl groups is 2. The molecule has 0 aromatic heterocycles. The second kappa shape index (κ2) is 16.8. The SMILES string of the molecule is C(OCC1CO1)C1CO1.OCCCCO.Oc1ccccc1.Oc1ccccc1. The number of epoxide rings is 2. The molecular formula is C22H32O7. The van der Waals surface area contributed by atoms with Crippen molar-refractivity contribution in [2.45, 2.75) is 25.0 Å². The molecule has 0 amide bonds. The number of unbranched alkanes of at least 4 members (excludes halogenated alkanes) is 1. The van der Waals surface area contributed by atoms with Crippen molar-refractivity contribution in [1.29, 1.82) is 0 Å². The molecule has 7 nitrogen and oxygen atoms in total. The predicted octanol–water partition coefficient (Wildman–Crippen LogP) is 2.34. The van der Waals surface area contributed by atoms with Gasteiger partial charge >= 0.3 is 0 Å². The number of hydrogen-bond acceptors (Lipinski definition) is 7. The van der Waals surface area contributed by atoms with Gasteiger partial charge in [0.25, 0.3) is 0 Å². The molecule has 2 aromatic rings. The Labute approximate surface area is 172 Å². The van der Waals surface area contributed by atoms with Gasteiger partial charge in [-0.1, -0.05) is 36.4 Å². The van der Waals surface area contributed by atoms with E-state index in [4.69, 9.17) is 34.6 Å². The molecule has 2 aromatic carbocycles. The average Bonchev–Trinajstić information content (AvgIpc) is 3.65. The Hall–Kier alpha value is -2.16. The van der Waals surface area contributed by atoms with Crippen LogP contribution in [0.2, 0.25) is 0 Å². The van der Waals surface area contributed by atoms with Crippen molar-refractivity contribution in [3.8, 4) is 11.5 Å². The molecule has 2 aliphatic rings. The molecule has 2 unspecified atom stereocenters. The van der Waals surface area contributed by atoms with E-state index >= 15 is 0 Å². The lowest BCUT2D eigenvalue weighted by atomic mass is 10.3. The lowest BCUT2D eigenvalue weighted by molar-refractivity contribution is 0.102. The van der Waals surface area contributed by atoms with Gasteiger partial charge in [0, 0.05) is 13.2 Å². The molecule has 0 bridgehead atoms. The van der Waals surface area contributed by atoms with Crippen LogP contribution in [0.5, 0.6) is 11.5 Å². The first-order chi connectivity index (χ1) is 14.2. The predicted molar refractivity (Wildman–Crippen MR) is 110 cm³/mol. The largest absolute Gasteiger partial charge is 0.508 e. The van der Waals surface area contributed by atoms with Crippen LogP contribution in [0.1, 0.15) is 12.8 Å². The van der Waals surface area contributed by atoms with Crippen LogP contribution < -0.4 is 0 Å². The molecule has 0 aliphatic carbocycles. The van der Waals surface area contributed by atoms with Crippen LogP contribution in [0.3, 0.4) is 0 Å². The van der Waals surface area contributed by atoms with Crippen molar-refractivity contribution in [1.82, 2.24) is 0 Å². The van der Waals surface area contributed by atoms with Crippen LogP contribution in [0.25, 0.3) is 0 Å². The molecule has 2 saturated heterocycles. The van der Waals surface area contributed by atoms with Gasteiger partial charge in [0.15, 0.2) is 0 Å². The van der Waals surface area contributed by atoms with E-state index in [1.807, 2.05) is 12.1 Å². The third kappa shape index (κ3) is 17.7. The highest BCUT2D eigenvalue weighted by atomic mass is 16.6. The summed E-state index contributed by atoms with van der Waals surface area (Å²) in [6.07, 6.45) is 2.22. The van der Waals surface area contributed by atoms with Gasteiger partial charge in [-0.05, 0) is 37.1 Å². The Morgan fingerprint density at radius 1 is 0.690 bits per heavy atom. The van der Waals surface area contributed by atoms with E-state index in [2.05, 4.69) is 0 Å². The number of rotatable bonds is 7. The maximum Gasteiger partial charge on any atom is 0.115 e. The Morgan fingerprint density at radius 3 is 1.24 bits per heavy atom. The van der Waals surface area contributed by atoms with E-state index in [9.17, 15) is 0 Å². The Kier molecular flexibility index (Phi) is 14.4. The second-order valence-electron chi connectivity index (χ2n) is 6.27. The molecule has 0 radical (unpaired) electrons. The maximum atomic E-state index is 8.63. The highest BCUT2D eigenvalue weighted by Gasteiger charge is 2.26. The van der Waals surface area contributed by atoms with Crippen LogP contribution in [-0.4, -0.2) is 72.3 Å². The summed E-state index contributed by atoms with van der Waals surface area (Å²) < 4.78 is 15.1. The summed E-state index contributed by atoms with van der Waals surface area (Å²) in [6, 6.07) is 17.4. The molecule has 162 valence electrons. The Balaban J connectivity index is 0.000000196. The standard InChI is InChI=1S/C6H10O3.2C6H6O.C4H10O2/c1(5-3-8-5)7-2-6-4-9-6;2*7-6-4-2-1-3-5-6;5-3-1-2-4-6/h5-6H,1-4H2;2*1-5,7H;5-6H,1-4H2. The minimum atomic E-state index is 0.195. The fourth-order valence-electron chi connectivity index (χ4n) is 1.74. The number of aromatic hydroxyl groups is 2. The molecule has 29 heavy (non-hydrogen) atoms. The number of benzene rings is 2. The van der Waals surface area contributed by atoms with Gasteiger partial charge in [-0.2, -0.15) is 0 Å². The van der Waals surface area contributed by atoms with Crippen molar-refractivity contribution in [3.05, 3.63) is 60.7 Å². The van der Waals surface area contributed by atoms with Crippen molar-refractivity contribution >= 4 is 0 Å². The molecule has 2 fully saturated rings. The zero-order valence-electron chi connectivity index (χ0n) is 16.6. The summed E-state index contributed by atoms with van der Waals surface area (Å²) in [5.74, 6) is 0.644. The van der Waals surface area contributed by atoms with Crippen LogP contribution in [0, 0.1) is 0 Å². The monoisotopic (exact) mass is 408 g/mol. The van der Waals surface area contributed by atoms with Crippen LogP contribution in [-0.2, 0) is 14.2 Å². The summed E-state index contributed by atoms with van der Waals surface area (Å²) in [5, 5.41) is 33.4. The molecular weight excluding hydrogens is 376 g/mol. The lowest BCUT2D eigenvalue weighted by Crippen LogP contribution is -2.06. The van der Waals surface area contributed by atoms with E-state index < -0.39 is 0 Å². The number of phenolic OH excluding ortho intramolecular Hbond substituents is 2. The Bertz CT molecular complexity index is 533.